The Morgan fingerprint density at radius 1 is 1.10 bits per heavy atom. The van der Waals surface area contributed by atoms with E-state index in [1.165, 1.54) is 22.5 Å². The molecule has 4 rings (SSSR count). The van der Waals surface area contributed by atoms with Crippen molar-refractivity contribution in [2.75, 3.05) is 38.0 Å². The van der Waals surface area contributed by atoms with Gasteiger partial charge in [-0.2, -0.15) is 4.31 Å². The van der Waals surface area contributed by atoms with Crippen LogP contribution in [-0.2, 0) is 10.0 Å². The number of amides is 1. The van der Waals surface area contributed by atoms with Gasteiger partial charge in [-0.1, -0.05) is 36.7 Å². The second kappa shape index (κ2) is 8.92. The molecule has 0 radical (unpaired) electrons. The fourth-order valence-corrected chi connectivity index (χ4v) is 5.26. The van der Waals surface area contributed by atoms with E-state index in [1.807, 2.05) is 30.3 Å². The largest absolute Gasteiger partial charge is 0.321 e. The van der Waals surface area contributed by atoms with E-state index in [2.05, 4.69) is 22.1 Å². The molecule has 1 saturated heterocycles. The average molecular weight is 459 g/mol. The molecule has 2 heterocycles. The van der Waals surface area contributed by atoms with Gasteiger partial charge in [-0.15, -0.1) is 0 Å². The first-order valence-corrected chi connectivity index (χ1v) is 11.9. The van der Waals surface area contributed by atoms with Crippen molar-refractivity contribution in [1.82, 2.24) is 14.2 Å². The maximum atomic E-state index is 13.1. The highest BCUT2D eigenvalue weighted by Crippen LogP contribution is 2.25. The maximum Gasteiger partial charge on any atom is 0.257 e. The van der Waals surface area contributed by atoms with Gasteiger partial charge in [0.2, 0.25) is 10.0 Å². The van der Waals surface area contributed by atoms with E-state index >= 15 is 0 Å². The number of anilines is 1. The molecule has 1 amide bonds. The van der Waals surface area contributed by atoms with Crippen LogP contribution in [0.1, 0.15) is 17.3 Å². The molecule has 0 spiro atoms. The van der Waals surface area contributed by atoms with Gasteiger partial charge in [0.1, 0.15) is 0 Å². The lowest BCUT2D eigenvalue weighted by Gasteiger charge is -2.33. The summed E-state index contributed by atoms with van der Waals surface area (Å²) in [7, 11) is -3.71. The van der Waals surface area contributed by atoms with Crippen LogP contribution in [0.2, 0.25) is 5.02 Å². The third kappa shape index (κ3) is 4.57. The molecule has 1 fully saturated rings. The van der Waals surface area contributed by atoms with Gasteiger partial charge in [0.25, 0.3) is 5.91 Å². The molecule has 31 heavy (non-hydrogen) atoms. The zero-order chi connectivity index (χ0) is 22.0. The summed E-state index contributed by atoms with van der Waals surface area (Å²) < 4.78 is 27.6. The Bertz CT molecular complexity index is 1220. The lowest BCUT2D eigenvalue weighted by Crippen LogP contribution is -2.48. The predicted octanol–water partition coefficient (Wildman–Crippen LogP) is 3.47. The van der Waals surface area contributed by atoms with Crippen LogP contribution in [0.4, 0.5) is 5.69 Å². The second-order valence-corrected chi connectivity index (χ2v) is 9.70. The minimum Gasteiger partial charge on any atom is -0.321 e. The highest BCUT2D eigenvalue weighted by Gasteiger charge is 2.29. The smallest absolute Gasteiger partial charge is 0.257 e. The summed E-state index contributed by atoms with van der Waals surface area (Å²) in [5.41, 5.74) is 1.42. The number of rotatable bonds is 5. The van der Waals surface area contributed by atoms with Crippen LogP contribution in [0.15, 0.2) is 59.6 Å². The third-order valence-electron chi connectivity index (χ3n) is 5.45. The predicted molar refractivity (Wildman–Crippen MR) is 122 cm³/mol. The van der Waals surface area contributed by atoms with Crippen LogP contribution in [0, 0.1) is 0 Å². The van der Waals surface area contributed by atoms with Gasteiger partial charge in [0.15, 0.2) is 0 Å². The Kier molecular flexibility index (Phi) is 6.24. The molecule has 0 aliphatic carbocycles. The lowest BCUT2D eigenvalue weighted by atomic mass is 10.2. The minimum absolute atomic E-state index is 0.0589. The fraction of sp³-hybridized carbons (Fsp3) is 0.273. The molecule has 1 aliphatic heterocycles. The molecule has 0 atom stereocenters. The molecule has 0 bridgehead atoms. The van der Waals surface area contributed by atoms with Crippen molar-refractivity contribution in [3.8, 4) is 0 Å². The molecule has 0 saturated carbocycles. The first-order chi connectivity index (χ1) is 14.9. The zero-order valence-electron chi connectivity index (χ0n) is 17.1. The molecule has 1 aliphatic rings. The van der Waals surface area contributed by atoms with Gasteiger partial charge in [-0.25, -0.2) is 8.42 Å². The molecule has 1 aromatic heterocycles. The quantitative estimate of drug-likeness (QED) is 0.633. The number of halogens is 1. The van der Waals surface area contributed by atoms with Crippen LogP contribution in [-0.4, -0.2) is 61.2 Å². The lowest BCUT2D eigenvalue weighted by molar-refractivity contribution is 0.102. The summed E-state index contributed by atoms with van der Waals surface area (Å²) in [5.74, 6) is -0.491. The number of sulfonamides is 1. The van der Waals surface area contributed by atoms with Crippen LogP contribution >= 0.6 is 11.6 Å². The van der Waals surface area contributed by atoms with Crippen LogP contribution in [0.25, 0.3) is 10.9 Å². The molecule has 7 nitrogen and oxygen atoms in total. The Morgan fingerprint density at radius 3 is 2.58 bits per heavy atom. The van der Waals surface area contributed by atoms with Crippen molar-refractivity contribution in [2.24, 2.45) is 0 Å². The topological polar surface area (TPSA) is 82.6 Å². The van der Waals surface area contributed by atoms with Crippen molar-refractivity contribution in [3.63, 3.8) is 0 Å². The van der Waals surface area contributed by atoms with Crippen molar-refractivity contribution < 1.29 is 13.2 Å². The minimum atomic E-state index is -3.71. The summed E-state index contributed by atoms with van der Waals surface area (Å²) >= 11 is 6.23. The normalized spacial score (nSPS) is 15.8. The highest BCUT2D eigenvalue weighted by atomic mass is 35.5. The van der Waals surface area contributed by atoms with E-state index in [4.69, 9.17) is 11.6 Å². The molecule has 1 N–H and O–H groups in total. The molecular formula is C22H23ClN4O3S. The number of aromatic nitrogens is 1. The number of nitrogens with zero attached hydrogens (tertiary/aromatic N) is 3. The molecule has 162 valence electrons. The number of likely N-dealkylation sites (N-methyl/N-ethyl adjacent to an activating group) is 1. The van der Waals surface area contributed by atoms with E-state index in [1.54, 1.807) is 6.20 Å². The number of carbonyl (C=O) groups excluding carboxylic acids is 1. The number of pyridine rings is 1. The third-order valence-corrected chi connectivity index (χ3v) is 7.67. The summed E-state index contributed by atoms with van der Waals surface area (Å²) in [4.78, 5) is 19.5. The van der Waals surface area contributed by atoms with E-state index in [-0.39, 0.29) is 15.5 Å². The van der Waals surface area contributed by atoms with E-state index < -0.39 is 15.9 Å². The Labute approximate surface area is 186 Å². The number of benzene rings is 2. The van der Waals surface area contributed by atoms with Crippen molar-refractivity contribution in [1.29, 1.82) is 0 Å². The molecular weight excluding hydrogens is 436 g/mol. The SMILES string of the molecule is CCN1CCN(S(=O)(=O)c2ccc(Cl)c(C(=O)Nc3cnc4ccccc4c3)c2)CC1. The Morgan fingerprint density at radius 2 is 1.84 bits per heavy atom. The molecule has 0 unspecified atom stereocenters. The first kappa shape index (κ1) is 21.7. The van der Waals surface area contributed by atoms with Crippen molar-refractivity contribution in [3.05, 3.63) is 65.3 Å². The van der Waals surface area contributed by atoms with Crippen LogP contribution in [0.3, 0.4) is 0 Å². The average Bonchev–Trinajstić information content (AvgIpc) is 2.79. The maximum absolute atomic E-state index is 13.1. The number of para-hydroxylation sites is 1. The summed E-state index contributed by atoms with van der Waals surface area (Å²) in [6.07, 6.45) is 1.56. The van der Waals surface area contributed by atoms with E-state index in [0.29, 0.717) is 31.9 Å². The number of fused-ring (bicyclic) bond motifs is 1. The van der Waals surface area contributed by atoms with Gasteiger partial charge in [-0.3, -0.25) is 9.78 Å². The van der Waals surface area contributed by atoms with E-state index in [9.17, 15) is 13.2 Å². The van der Waals surface area contributed by atoms with Gasteiger partial charge in [0, 0.05) is 31.6 Å². The van der Waals surface area contributed by atoms with Crippen molar-refractivity contribution in [2.45, 2.75) is 11.8 Å². The molecule has 2 aromatic carbocycles. The van der Waals surface area contributed by atoms with Gasteiger partial charge in [0.05, 0.1) is 32.9 Å². The standard InChI is InChI=1S/C22H23ClN4O3S/c1-2-26-9-11-27(12-10-26)31(29,30)18-7-8-20(23)19(14-18)22(28)25-17-13-16-5-3-4-6-21(16)24-15-17/h3-8,13-15H,2,9-12H2,1H3,(H,25,28). The monoisotopic (exact) mass is 458 g/mol. The molecule has 3 aromatic rings. The first-order valence-electron chi connectivity index (χ1n) is 10.1. The number of nitrogens with one attached hydrogen (secondary N) is 1. The van der Waals surface area contributed by atoms with E-state index in [0.717, 1.165) is 17.4 Å². The summed E-state index contributed by atoms with van der Waals surface area (Å²) in [6, 6.07) is 13.6. The van der Waals surface area contributed by atoms with Crippen LogP contribution in [0.5, 0.6) is 0 Å². The molecule has 9 heteroatoms. The van der Waals surface area contributed by atoms with Crippen LogP contribution < -0.4 is 5.32 Å². The fourth-order valence-electron chi connectivity index (χ4n) is 3.61. The van der Waals surface area contributed by atoms with Gasteiger partial charge in [-0.05, 0) is 36.9 Å². The number of hydrogen-bond acceptors (Lipinski definition) is 5. The highest BCUT2D eigenvalue weighted by molar-refractivity contribution is 7.89. The zero-order valence-corrected chi connectivity index (χ0v) is 18.7. The second-order valence-electron chi connectivity index (χ2n) is 7.35. The van der Waals surface area contributed by atoms with Crippen molar-refractivity contribution >= 4 is 44.1 Å². The summed E-state index contributed by atoms with van der Waals surface area (Å²) in [6.45, 7) is 5.16. The Balaban J connectivity index is 1.57. The number of hydrogen-bond donors (Lipinski definition) is 1. The van der Waals surface area contributed by atoms with Gasteiger partial charge < -0.3 is 10.2 Å². The number of carbonyl (C=O) groups is 1. The number of piperazine rings is 1. The van der Waals surface area contributed by atoms with Gasteiger partial charge >= 0.3 is 0 Å². The Hall–Kier alpha value is -2.52. The summed E-state index contributed by atoms with van der Waals surface area (Å²) in [5, 5.41) is 3.83.